The van der Waals surface area contributed by atoms with Crippen molar-refractivity contribution < 1.29 is 4.74 Å². The molecule has 4 nitrogen and oxygen atoms in total. The van der Waals surface area contributed by atoms with Crippen molar-refractivity contribution in [2.24, 2.45) is 0 Å². The summed E-state index contributed by atoms with van der Waals surface area (Å²) < 4.78 is 6.72. The Bertz CT molecular complexity index is 546. The Kier molecular flexibility index (Phi) is 4.95. The SMILES string of the molecule is CCNc1nc(COc2ccccc2)nc(C)c1I. The van der Waals surface area contributed by atoms with Crippen LogP contribution in [0.2, 0.25) is 0 Å². The molecular formula is C14H16IN3O. The average molecular weight is 369 g/mol. The summed E-state index contributed by atoms with van der Waals surface area (Å²) in [5.41, 5.74) is 0.971. The largest absolute Gasteiger partial charge is 0.486 e. The van der Waals surface area contributed by atoms with Gasteiger partial charge in [0.25, 0.3) is 0 Å². The van der Waals surface area contributed by atoms with Crippen molar-refractivity contribution >= 4 is 28.4 Å². The molecule has 2 rings (SSSR count). The Morgan fingerprint density at radius 2 is 1.95 bits per heavy atom. The van der Waals surface area contributed by atoms with Crippen LogP contribution in [0.4, 0.5) is 5.82 Å². The maximum absolute atomic E-state index is 5.66. The van der Waals surface area contributed by atoms with E-state index in [0.717, 1.165) is 27.4 Å². The van der Waals surface area contributed by atoms with Crippen molar-refractivity contribution in [3.05, 3.63) is 45.4 Å². The van der Waals surface area contributed by atoms with Crippen molar-refractivity contribution in [3.63, 3.8) is 0 Å². The van der Waals surface area contributed by atoms with E-state index in [1.807, 2.05) is 44.2 Å². The van der Waals surface area contributed by atoms with Gasteiger partial charge in [0.05, 0.1) is 9.26 Å². The highest BCUT2D eigenvalue weighted by molar-refractivity contribution is 14.1. The van der Waals surface area contributed by atoms with Crippen molar-refractivity contribution in [1.29, 1.82) is 0 Å². The molecule has 0 aliphatic carbocycles. The van der Waals surface area contributed by atoms with Gasteiger partial charge in [0, 0.05) is 6.54 Å². The summed E-state index contributed by atoms with van der Waals surface area (Å²) in [6, 6.07) is 9.69. The summed E-state index contributed by atoms with van der Waals surface area (Å²) in [6.07, 6.45) is 0. The van der Waals surface area contributed by atoms with Gasteiger partial charge in [-0.05, 0) is 48.6 Å². The minimum atomic E-state index is 0.375. The molecule has 0 unspecified atom stereocenters. The third kappa shape index (κ3) is 3.79. The summed E-state index contributed by atoms with van der Waals surface area (Å²) in [4.78, 5) is 8.93. The fourth-order valence-corrected chi connectivity index (χ4v) is 2.06. The number of benzene rings is 1. The lowest BCUT2D eigenvalue weighted by molar-refractivity contribution is 0.295. The molecule has 0 fully saturated rings. The number of aryl methyl sites for hydroxylation is 1. The predicted molar refractivity (Wildman–Crippen MR) is 84.4 cm³/mol. The Balaban J connectivity index is 2.12. The second-order valence-corrected chi connectivity index (χ2v) is 5.10. The molecule has 0 amide bonds. The lowest BCUT2D eigenvalue weighted by Gasteiger charge is -2.10. The van der Waals surface area contributed by atoms with Crippen LogP contribution in [0.3, 0.4) is 0 Å². The first-order chi connectivity index (χ1) is 9.20. The molecule has 0 spiro atoms. The van der Waals surface area contributed by atoms with E-state index in [2.05, 4.69) is 37.9 Å². The van der Waals surface area contributed by atoms with E-state index >= 15 is 0 Å². The summed E-state index contributed by atoms with van der Waals surface area (Å²) in [5.74, 6) is 2.40. The molecule has 1 aromatic heterocycles. The van der Waals surface area contributed by atoms with Crippen LogP contribution in [0.25, 0.3) is 0 Å². The van der Waals surface area contributed by atoms with Gasteiger partial charge in [0.2, 0.25) is 0 Å². The molecule has 1 heterocycles. The fourth-order valence-electron chi connectivity index (χ4n) is 1.63. The fraction of sp³-hybridized carbons (Fsp3) is 0.286. The Labute approximate surface area is 126 Å². The van der Waals surface area contributed by atoms with Crippen LogP contribution in [0.15, 0.2) is 30.3 Å². The van der Waals surface area contributed by atoms with E-state index in [-0.39, 0.29) is 0 Å². The molecule has 0 saturated heterocycles. The number of nitrogens with one attached hydrogen (secondary N) is 1. The van der Waals surface area contributed by atoms with E-state index in [9.17, 15) is 0 Å². The smallest absolute Gasteiger partial charge is 0.168 e. The first-order valence-corrected chi connectivity index (χ1v) is 7.23. The van der Waals surface area contributed by atoms with Gasteiger partial charge in [-0.15, -0.1) is 0 Å². The molecule has 0 saturated carbocycles. The Morgan fingerprint density at radius 1 is 1.21 bits per heavy atom. The van der Waals surface area contributed by atoms with E-state index in [1.165, 1.54) is 0 Å². The number of hydrogen-bond donors (Lipinski definition) is 1. The Hall–Kier alpha value is -1.37. The van der Waals surface area contributed by atoms with Gasteiger partial charge in [-0.1, -0.05) is 18.2 Å². The molecule has 5 heteroatoms. The summed E-state index contributed by atoms with van der Waals surface area (Å²) in [6.45, 7) is 5.25. The average Bonchev–Trinajstić information content (AvgIpc) is 2.43. The number of para-hydroxylation sites is 1. The van der Waals surface area contributed by atoms with E-state index in [4.69, 9.17) is 4.74 Å². The van der Waals surface area contributed by atoms with E-state index in [0.29, 0.717) is 12.4 Å². The van der Waals surface area contributed by atoms with Crippen LogP contribution < -0.4 is 10.1 Å². The van der Waals surface area contributed by atoms with E-state index < -0.39 is 0 Å². The van der Waals surface area contributed by atoms with Crippen LogP contribution in [0.5, 0.6) is 5.75 Å². The summed E-state index contributed by atoms with van der Waals surface area (Å²) in [5, 5.41) is 3.24. The van der Waals surface area contributed by atoms with Gasteiger partial charge in [-0.25, -0.2) is 9.97 Å². The minimum Gasteiger partial charge on any atom is -0.486 e. The van der Waals surface area contributed by atoms with Crippen molar-refractivity contribution in [1.82, 2.24) is 9.97 Å². The molecule has 0 aliphatic heterocycles. The molecule has 2 aromatic rings. The molecule has 0 radical (unpaired) electrons. The highest BCUT2D eigenvalue weighted by atomic mass is 127. The van der Waals surface area contributed by atoms with Gasteiger partial charge >= 0.3 is 0 Å². The normalized spacial score (nSPS) is 10.3. The molecule has 0 atom stereocenters. The molecule has 100 valence electrons. The zero-order chi connectivity index (χ0) is 13.7. The monoisotopic (exact) mass is 369 g/mol. The second kappa shape index (κ2) is 6.70. The predicted octanol–water partition coefficient (Wildman–Crippen LogP) is 3.40. The number of nitrogens with zero attached hydrogens (tertiary/aromatic N) is 2. The van der Waals surface area contributed by atoms with Crippen LogP contribution in [-0.4, -0.2) is 16.5 Å². The third-order valence-corrected chi connectivity index (χ3v) is 3.81. The molecule has 1 N–H and O–H groups in total. The molecular weight excluding hydrogens is 353 g/mol. The second-order valence-electron chi connectivity index (χ2n) is 4.02. The van der Waals surface area contributed by atoms with Gasteiger partial charge in [0.1, 0.15) is 18.2 Å². The van der Waals surface area contributed by atoms with Crippen LogP contribution in [0.1, 0.15) is 18.4 Å². The summed E-state index contributed by atoms with van der Waals surface area (Å²) >= 11 is 2.26. The number of anilines is 1. The zero-order valence-corrected chi connectivity index (χ0v) is 13.1. The van der Waals surface area contributed by atoms with Crippen molar-refractivity contribution in [2.45, 2.75) is 20.5 Å². The van der Waals surface area contributed by atoms with Gasteiger partial charge in [-0.2, -0.15) is 0 Å². The topological polar surface area (TPSA) is 47.0 Å². The minimum absolute atomic E-state index is 0.375. The number of hydrogen-bond acceptors (Lipinski definition) is 4. The lowest BCUT2D eigenvalue weighted by Crippen LogP contribution is -2.10. The highest BCUT2D eigenvalue weighted by Crippen LogP contribution is 2.19. The summed E-state index contributed by atoms with van der Waals surface area (Å²) in [7, 11) is 0. The maximum atomic E-state index is 5.66. The first-order valence-electron chi connectivity index (χ1n) is 6.15. The van der Waals surface area contributed by atoms with Gasteiger partial charge < -0.3 is 10.1 Å². The zero-order valence-electron chi connectivity index (χ0n) is 11.0. The Morgan fingerprint density at radius 3 is 2.63 bits per heavy atom. The van der Waals surface area contributed by atoms with Crippen molar-refractivity contribution in [3.8, 4) is 5.75 Å². The van der Waals surface area contributed by atoms with Crippen LogP contribution >= 0.6 is 22.6 Å². The number of rotatable bonds is 5. The highest BCUT2D eigenvalue weighted by Gasteiger charge is 2.09. The van der Waals surface area contributed by atoms with Crippen LogP contribution in [0, 0.1) is 10.5 Å². The van der Waals surface area contributed by atoms with Gasteiger partial charge in [-0.3, -0.25) is 0 Å². The molecule has 1 aromatic carbocycles. The first kappa shape index (κ1) is 14.0. The number of halogens is 1. The lowest BCUT2D eigenvalue weighted by atomic mass is 10.3. The number of aromatic nitrogens is 2. The van der Waals surface area contributed by atoms with Gasteiger partial charge in [0.15, 0.2) is 5.82 Å². The number of ether oxygens (including phenoxy) is 1. The van der Waals surface area contributed by atoms with Crippen molar-refractivity contribution in [2.75, 3.05) is 11.9 Å². The quantitative estimate of drug-likeness (QED) is 0.821. The maximum Gasteiger partial charge on any atom is 0.168 e. The van der Waals surface area contributed by atoms with Crippen LogP contribution in [-0.2, 0) is 6.61 Å². The van der Waals surface area contributed by atoms with E-state index in [1.54, 1.807) is 0 Å². The molecule has 0 bridgehead atoms. The molecule has 19 heavy (non-hydrogen) atoms. The third-order valence-electron chi connectivity index (χ3n) is 2.52. The standard InChI is InChI=1S/C14H16IN3O/c1-3-16-14-13(15)10(2)17-12(18-14)9-19-11-7-5-4-6-8-11/h4-8H,3,9H2,1-2H3,(H,16,17,18). The molecule has 0 aliphatic rings.